The first-order chi connectivity index (χ1) is 14.7. The molecular formula is C24H33N3O2S. The third-order valence-electron chi connectivity index (χ3n) is 6.04. The molecule has 0 spiro atoms. The molecule has 0 unspecified atom stereocenters. The number of aromatic hydroxyl groups is 1. The van der Waals surface area contributed by atoms with E-state index in [0.717, 1.165) is 67.6 Å². The second-order valence-electron chi connectivity index (χ2n) is 8.33. The summed E-state index contributed by atoms with van der Waals surface area (Å²) in [6.07, 6.45) is 5.06. The van der Waals surface area contributed by atoms with Gasteiger partial charge in [0.15, 0.2) is 0 Å². The van der Waals surface area contributed by atoms with Crippen LogP contribution in [0.5, 0.6) is 11.5 Å². The van der Waals surface area contributed by atoms with Crippen molar-refractivity contribution < 1.29 is 9.84 Å². The quantitative estimate of drug-likeness (QED) is 0.579. The molecule has 2 N–H and O–H groups in total. The third kappa shape index (κ3) is 5.70. The van der Waals surface area contributed by atoms with Crippen molar-refractivity contribution in [2.45, 2.75) is 50.2 Å². The highest BCUT2D eigenvalue weighted by molar-refractivity contribution is 7.97. The van der Waals surface area contributed by atoms with Gasteiger partial charge in [0.25, 0.3) is 0 Å². The number of phenols is 1. The average molecular weight is 428 g/mol. The van der Waals surface area contributed by atoms with Gasteiger partial charge in [0, 0.05) is 35.7 Å². The van der Waals surface area contributed by atoms with Crippen LogP contribution in [0, 0.1) is 0 Å². The van der Waals surface area contributed by atoms with Crippen molar-refractivity contribution in [3.63, 3.8) is 0 Å². The van der Waals surface area contributed by atoms with Gasteiger partial charge in [0.2, 0.25) is 0 Å². The number of likely N-dealkylation sites (tertiary alicyclic amines) is 2. The van der Waals surface area contributed by atoms with Crippen LogP contribution in [0.1, 0.15) is 42.4 Å². The summed E-state index contributed by atoms with van der Waals surface area (Å²) in [5.74, 6) is 1.37. The van der Waals surface area contributed by atoms with Crippen molar-refractivity contribution in [3.8, 4) is 11.5 Å². The van der Waals surface area contributed by atoms with Crippen LogP contribution in [0.4, 0.5) is 0 Å². The number of hydrogen-bond donors (Lipinski definition) is 2. The van der Waals surface area contributed by atoms with Crippen molar-refractivity contribution in [3.05, 3.63) is 53.1 Å². The summed E-state index contributed by atoms with van der Waals surface area (Å²) in [6, 6.07) is 12.4. The topological polar surface area (TPSA) is 48.0 Å². The van der Waals surface area contributed by atoms with Crippen LogP contribution in [-0.4, -0.2) is 48.2 Å². The van der Waals surface area contributed by atoms with Gasteiger partial charge >= 0.3 is 0 Å². The molecule has 0 saturated carbocycles. The van der Waals surface area contributed by atoms with Gasteiger partial charge in [0.1, 0.15) is 11.5 Å². The van der Waals surface area contributed by atoms with Crippen LogP contribution in [-0.2, 0) is 19.6 Å². The fourth-order valence-electron chi connectivity index (χ4n) is 4.39. The molecule has 0 atom stereocenters. The first-order valence-corrected chi connectivity index (χ1v) is 11.8. The molecule has 4 rings (SSSR count). The Balaban J connectivity index is 1.45. The Kier molecular flexibility index (Phi) is 7.55. The van der Waals surface area contributed by atoms with E-state index in [1.54, 1.807) is 19.1 Å². The lowest BCUT2D eigenvalue weighted by molar-refractivity contribution is 0.312. The highest BCUT2D eigenvalue weighted by atomic mass is 32.2. The summed E-state index contributed by atoms with van der Waals surface area (Å²) in [4.78, 5) is 6.07. The molecule has 2 saturated heterocycles. The van der Waals surface area contributed by atoms with E-state index in [1.807, 2.05) is 12.1 Å². The van der Waals surface area contributed by atoms with E-state index in [4.69, 9.17) is 4.74 Å². The molecule has 162 valence electrons. The lowest BCUT2D eigenvalue weighted by Gasteiger charge is -2.21. The Hall–Kier alpha value is -1.73. The summed E-state index contributed by atoms with van der Waals surface area (Å²) in [5.41, 5.74) is 3.37. The number of phenolic OH excluding ortho intramolecular Hbond substituents is 1. The molecule has 0 radical (unpaired) electrons. The Morgan fingerprint density at radius 2 is 1.43 bits per heavy atom. The first kappa shape index (κ1) is 21.5. The van der Waals surface area contributed by atoms with E-state index in [0.29, 0.717) is 5.75 Å². The number of hydrogen-bond acceptors (Lipinski definition) is 6. The smallest absolute Gasteiger partial charge is 0.124 e. The standard InChI is InChI=1S/C24H33N3O2S/c1-29-22-6-8-23(9-7-22)30-25-16-19-14-20(17-26-10-2-3-11-26)24(28)21(15-19)18-27-12-4-5-13-27/h6-9,14-15,25,28H,2-5,10-13,16-18H2,1H3. The van der Waals surface area contributed by atoms with Crippen molar-refractivity contribution >= 4 is 11.9 Å². The molecular weight excluding hydrogens is 394 g/mol. The Morgan fingerprint density at radius 1 is 0.900 bits per heavy atom. The van der Waals surface area contributed by atoms with E-state index < -0.39 is 0 Å². The normalized spacial score (nSPS) is 17.6. The molecule has 2 aromatic rings. The third-order valence-corrected chi connectivity index (χ3v) is 6.84. The molecule has 30 heavy (non-hydrogen) atoms. The second kappa shape index (κ2) is 10.5. The van der Waals surface area contributed by atoms with Gasteiger partial charge in [-0.2, -0.15) is 0 Å². The van der Waals surface area contributed by atoms with Gasteiger partial charge in [0.05, 0.1) is 7.11 Å². The fourth-order valence-corrected chi connectivity index (χ4v) is 5.06. The van der Waals surface area contributed by atoms with Gasteiger partial charge in [-0.15, -0.1) is 0 Å². The number of rotatable bonds is 9. The van der Waals surface area contributed by atoms with Crippen molar-refractivity contribution in [2.24, 2.45) is 0 Å². The van der Waals surface area contributed by atoms with E-state index in [-0.39, 0.29) is 0 Å². The van der Waals surface area contributed by atoms with Crippen LogP contribution >= 0.6 is 11.9 Å². The minimum absolute atomic E-state index is 0.500. The van der Waals surface area contributed by atoms with E-state index >= 15 is 0 Å². The molecule has 0 bridgehead atoms. The summed E-state index contributed by atoms with van der Waals surface area (Å²) in [6.45, 7) is 6.99. The largest absolute Gasteiger partial charge is 0.507 e. The lowest BCUT2D eigenvalue weighted by Crippen LogP contribution is -2.21. The lowest BCUT2D eigenvalue weighted by atomic mass is 10.0. The monoisotopic (exact) mass is 427 g/mol. The predicted octanol–water partition coefficient (Wildman–Crippen LogP) is 4.39. The highest BCUT2D eigenvalue weighted by Crippen LogP contribution is 2.30. The summed E-state index contributed by atoms with van der Waals surface area (Å²) < 4.78 is 8.71. The van der Waals surface area contributed by atoms with Crippen LogP contribution < -0.4 is 9.46 Å². The number of nitrogens with zero attached hydrogens (tertiary/aromatic N) is 2. The number of benzene rings is 2. The minimum Gasteiger partial charge on any atom is -0.507 e. The number of nitrogens with one attached hydrogen (secondary N) is 1. The maximum absolute atomic E-state index is 11.0. The van der Waals surface area contributed by atoms with Crippen LogP contribution in [0.3, 0.4) is 0 Å². The molecule has 5 nitrogen and oxygen atoms in total. The molecule has 2 aliphatic rings. The molecule has 6 heteroatoms. The van der Waals surface area contributed by atoms with Crippen molar-refractivity contribution in [1.29, 1.82) is 0 Å². The molecule has 0 aliphatic carbocycles. The SMILES string of the molecule is COc1ccc(SNCc2cc(CN3CCCC3)c(O)c(CN3CCCC3)c2)cc1. The van der Waals surface area contributed by atoms with E-state index in [1.165, 1.54) is 31.2 Å². The molecule has 0 aromatic heterocycles. The predicted molar refractivity (Wildman–Crippen MR) is 123 cm³/mol. The summed E-state index contributed by atoms with van der Waals surface area (Å²) >= 11 is 1.63. The molecule has 0 amide bonds. The fraction of sp³-hybridized carbons (Fsp3) is 0.500. The summed E-state index contributed by atoms with van der Waals surface area (Å²) in [5, 5.41) is 11.0. The van der Waals surface area contributed by atoms with E-state index in [9.17, 15) is 5.11 Å². The molecule has 2 heterocycles. The minimum atomic E-state index is 0.500. The van der Waals surface area contributed by atoms with Crippen LogP contribution in [0.25, 0.3) is 0 Å². The van der Waals surface area contributed by atoms with Gasteiger partial charge in [-0.3, -0.25) is 14.5 Å². The van der Waals surface area contributed by atoms with Gasteiger partial charge in [-0.1, -0.05) is 0 Å². The number of methoxy groups -OCH3 is 1. The Bertz CT molecular complexity index is 777. The van der Waals surface area contributed by atoms with Gasteiger partial charge in [-0.25, -0.2) is 0 Å². The zero-order valence-electron chi connectivity index (χ0n) is 17.9. The van der Waals surface area contributed by atoms with Crippen molar-refractivity contribution in [2.75, 3.05) is 33.3 Å². The van der Waals surface area contributed by atoms with E-state index in [2.05, 4.69) is 38.8 Å². The molecule has 2 fully saturated rings. The molecule has 2 aliphatic heterocycles. The first-order valence-electron chi connectivity index (χ1n) is 11.0. The zero-order valence-corrected chi connectivity index (χ0v) is 18.7. The maximum Gasteiger partial charge on any atom is 0.124 e. The van der Waals surface area contributed by atoms with Gasteiger partial charge in [-0.05, 0) is 106 Å². The Labute approximate surface area is 184 Å². The highest BCUT2D eigenvalue weighted by Gasteiger charge is 2.19. The van der Waals surface area contributed by atoms with Gasteiger partial charge < -0.3 is 9.84 Å². The second-order valence-corrected chi connectivity index (χ2v) is 9.29. The van der Waals surface area contributed by atoms with Crippen LogP contribution in [0.15, 0.2) is 41.3 Å². The zero-order chi connectivity index (χ0) is 20.8. The number of ether oxygens (including phenoxy) is 1. The van der Waals surface area contributed by atoms with Crippen LogP contribution in [0.2, 0.25) is 0 Å². The van der Waals surface area contributed by atoms with Crippen molar-refractivity contribution in [1.82, 2.24) is 14.5 Å². The average Bonchev–Trinajstić information content (AvgIpc) is 3.46. The summed E-state index contributed by atoms with van der Waals surface area (Å²) in [7, 11) is 1.69. The maximum atomic E-state index is 11.0. The molecule has 2 aromatic carbocycles. The Morgan fingerprint density at radius 3 is 1.93 bits per heavy atom.